The largest absolute Gasteiger partial charge is 0.465 e. The van der Waals surface area contributed by atoms with Crippen molar-refractivity contribution < 1.29 is 22.7 Å². The molecule has 0 radical (unpaired) electrons. The van der Waals surface area contributed by atoms with Gasteiger partial charge in [-0.2, -0.15) is 4.31 Å². The molecule has 0 N–H and O–H groups in total. The van der Waals surface area contributed by atoms with E-state index < -0.39 is 21.4 Å². The van der Waals surface area contributed by atoms with E-state index in [1.165, 1.54) is 11.4 Å². The predicted octanol–water partition coefficient (Wildman–Crippen LogP) is 2.64. The molecule has 28 heavy (non-hydrogen) atoms. The fourth-order valence-corrected chi connectivity index (χ4v) is 7.30. The number of thiophene rings is 1. The van der Waals surface area contributed by atoms with Gasteiger partial charge in [0.2, 0.25) is 5.91 Å². The Kier molecular flexibility index (Phi) is 5.89. The highest BCUT2D eigenvalue weighted by molar-refractivity contribution is 7.91. The van der Waals surface area contributed by atoms with Crippen molar-refractivity contribution in [1.82, 2.24) is 9.21 Å². The van der Waals surface area contributed by atoms with Gasteiger partial charge in [0.1, 0.15) is 4.21 Å². The molecule has 0 unspecified atom stereocenters. The number of hydrogen-bond donors (Lipinski definition) is 0. The second kappa shape index (κ2) is 7.76. The molecular weight excluding hydrogens is 400 g/mol. The van der Waals surface area contributed by atoms with Crippen molar-refractivity contribution >= 4 is 33.2 Å². The number of amides is 1. The number of carbonyl (C=O) groups is 2. The van der Waals surface area contributed by atoms with E-state index >= 15 is 0 Å². The second-order valence-corrected chi connectivity index (χ2v) is 11.6. The zero-order chi connectivity index (χ0) is 20.7. The molecule has 156 valence electrons. The highest BCUT2D eigenvalue weighted by Crippen LogP contribution is 2.39. The Balaban J connectivity index is 2.02. The molecule has 2 aliphatic heterocycles. The van der Waals surface area contributed by atoms with Crippen molar-refractivity contribution in [3.05, 3.63) is 16.0 Å². The molecule has 0 atom stereocenters. The number of carbonyl (C=O) groups excluding carboxylic acids is 2. The van der Waals surface area contributed by atoms with Gasteiger partial charge in [0.25, 0.3) is 10.0 Å². The first-order chi connectivity index (χ1) is 13.1. The number of hydrogen-bond acceptors (Lipinski definition) is 6. The molecule has 9 heteroatoms. The van der Waals surface area contributed by atoms with E-state index in [9.17, 15) is 18.0 Å². The molecule has 3 heterocycles. The summed E-state index contributed by atoms with van der Waals surface area (Å²) in [4.78, 5) is 27.7. The number of fused-ring (bicyclic) bond motifs is 1. The van der Waals surface area contributed by atoms with Crippen LogP contribution in [0.3, 0.4) is 0 Å². The van der Waals surface area contributed by atoms with E-state index in [2.05, 4.69) is 0 Å². The van der Waals surface area contributed by atoms with Crippen LogP contribution >= 0.6 is 11.3 Å². The Morgan fingerprint density at radius 3 is 2.29 bits per heavy atom. The quantitative estimate of drug-likeness (QED) is 0.691. The molecule has 0 spiro atoms. The minimum atomic E-state index is -3.76. The minimum absolute atomic E-state index is 0.0200. The third-order valence-corrected chi connectivity index (χ3v) is 8.84. The molecule has 1 aromatic heterocycles. The molecule has 3 rings (SSSR count). The van der Waals surface area contributed by atoms with Crippen molar-refractivity contribution in [2.24, 2.45) is 5.41 Å². The molecule has 1 saturated heterocycles. The van der Waals surface area contributed by atoms with Crippen molar-refractivity contribution in [3.63, 3.8) is 0 Å². The van der Waals surface area contributed by atoms with Crippen LogP contribution < -0.4 is 0 Å². The van der Waals surface area contributed by atoms with Gasteiger partial charge >= 0.3 is 5.97 Å². The Bertz CT molecular complexity index is 877. The molecule has 7 nitrogen and oxygen atoms in total. The number of methoxy groups -OCH3 is 1. The highest BCUT2D eigenvalue weighted by Gasteiger charge is 2.39. The van der Waals surface area contributed by atoms with Gasteiger partial charge in [-0.05, 0) is 24.8 Å². The molecular formula is C19H28N2O5S2. The van der Waals surface area contributed by atoms with Crippen LogP contribution in [-0.2, 0) is 32.5 Å². The van der Waals surface area contributed by atoms with Crippen molar-refractivity contribution in [2.45, 2.75) is 57.2 Å². The number of ether oxygens (including phenoxy) is 1. The lowest BCUT2D eigenvalue weighted by molar-refractivity contribution is -0.140. The summed E-state index contributed by atoms with van der Waals surface area (Å²) in [5, 5.41) is 0. The van der Waals surface area contributed by atoms with Crippen LogP contribution in [0.2, 0.25) is 0 Å². The first-order valence-electron chi connectivity index (χ1n) is 9.59. The molecule has 0 aromatic carbocycles. The summed E-state index contributed by atoms with van der Waals surface area (Å²) >= 11 is 1.11. The zero-order valence-electron chi connectivity index (χ0n) is 16.9. The smallest absolute Gasteiger partial charge is 0.340 e. The van der Waals surface area contributed by atoms with E-state index in [0.717, 1.165) is 35.5 Å². The van der Waals surface area contributed by atoms with E-state index in [0.29, 0.717) is 38.2 Å². The van der Waals surface area contributed by atoms with Gasteiger partial charge in [0.05, 0.1) is 19.2 Å². The van der Waals surface area contributed by atoms with Crippen LogP contribution in [0.5, 0.6) is 0 Å². The van der Waals surface area contributed by atoms with Gasteiger partial charge in [-0.1, -0.05) is 27.2 Å². The van der Waals surface area contributed by atoms with Gasteiger partial charge in [-0.25, -0.2) is 13.2 Å². The first kappa shape index (κ1) is 21.3. The Hall–Kier alpha value is -1.45. The molecule has 1 aromatic rings. The normalized spacial score (nSPS) is 18.6. The lowest BCUT2D eigenvalue weighted by Gasteiger charge is -2.32. The van der Waals surface area contributed by atoms with Crippen LogP contribution in [0, 0.1) is 5.41 Å². The summed E-state index contributed by atoms with van der Waals surface area (Å²) < 4.78 is 33.0. The average Bonchev–Trinajstić information content (AvgIpc) is 3.06. The predicted molar refractivity (Wildman–Crippen MR) is 107 cm³/mol. The minimum Gasteiger partial charge on any atom is -0.465 e. The maximum Gasteiger partial charge on any atom is 0.340 e. The molecule has 0 aliphatic carbocycles. The Morgan fingerprint density at radius 1 is 1.07 bits per heavy atom. The number of sulfonamides is 1. The van der Waals surface area contributed by atoms with Gasteiger partial charge in [-0.3, -0.25) is 4.79 Å². The van der Waals surface area contributed by atoms with Crippen LogP contribution in [-0.4, -0.2) is 56.2 Å². The number of rotatable bonds is 3. The zero-order valence-corrected chi connectivity index (χ0v) is 18.5. The maximum absolute atomic E-state index is 13.3. The number of esters is 1. The summed E-state index contributed by atoms with van der Waals surface area (Å²) in [6, 6.07) is 0. The Labute approximate surface area is 170 Å². The summed E-state index contributed by atoms with van der Waals surface area (Å²) in [5.74, 6) is -0.602. The SMILES string of the molecule is COC(=O)c1c(S(=O)(=O)N2CCCCC2)sc2c1CCN(C(=O)C(C)(C)C)C2. The standard InChI is InChI=1S/C19H28N2O5S2/c1-19(2,3)18(23)20-11-8-13-14(12-20)27-17(15(13)16(22)26-4)28(24,25)21-9-6-5-7-10-21/h5-12H2,1-4H3. The van der Waals surface area contributed by atoms with E-state index in [-0.39, 0.29) is 15.7 Å². The van der Waals surface area contributed by atoms with Crippen molar-refractivity contribution in [1.29, 1.82) is 0 Å². The summed E-state index contributed by atoms with van der Waals surface area (Å²) in [7, 11) is -2.49. The molecule has 2 aliphatic rings. The summed E-state index contributed by atoms with van der Waals surface area (Å²) in [5.41, 5.74) is 0.365. The molecule has 1 fully saturated rings. The fraction of sp³-hybridized carbons (Fsp3) is 0.684. The van der Waals surface area contributed by atoms with Crippen LogP contribution in [0.25, 0.3) is 0 Å². The molecule has 1 amide bonds. The van der Waals surface area contributed by atoms with E-state index in [4.69, 9.17) is 4.74 Å². The monoisotopic (exact) mass is 428 g/mol. The van der Waals surface area contributed by atoms with Crippen LogP contribution in [0.1, 0.15) is 60.8 Å². The molecule has 0 saturated carbocycles. The van der Waals surface area contributed by atoms with Gasteiger partial charge in [0, 0.05) is 29.9 Å². The van der Waals surface area contributed by atoms with Crippen LogP contribution in [0.4, 0.5) is 0 Å². The van der Waals surface area contributed by atoms with Crippen molar-refractivity contribution in [2.75, 3.05) is 26.7 Å². The van der Waals surface area contributed by atoms with Crippen LogP contribution in [0.15, 0.2) is 4.21 Å². The third-order valence-electron chi connectivity index (χ3n) is 5.23. The highest BCUT2D eigenvalue weighted by atomic mass is 32.2. The summed E-state index contributed by atoms with van der Waals surface area (Å²) in [6.07, 6.45) is 3.12. The van der Waals surface area contributed by atoms with Gasteiger partial charge in [-0.15, -0.1) is 11.3 Å². The lowest BCUT2D eigenvalue weighted by atomic mass is 9.93. The van der Waals surface area contributed by atoms with E-state index in [1.807, 2.05) is 20.8 Å². The maximum atomic E-state index is 13.3. The third kappa shape index (κ3) is 3.84. The topological polar surface area (TPSA) is 84.0 Å². The fourth-order valence-electron chi connectivity index (χ4n) is 3.74. The van der Waals surface area contributed by atoms with Gasteiger partial charge in [0.15, 0.2) is 0 Å². The molecule has 0 bridgehead atoms. The second-order valence-electron chi connectivity index (χ2n) is 8.35. The van der Waals surface area contributed by atoms with Crippen molar-refractivity contribution in [3.8, 4) is 0 Å². The lowest BCUT2D eigenvalue weighted by Crippen LogP contribution is -2.42. The Morgan fingerprint density at radius 2 is 1.71 bits per heavy atom. The average molecular weight is 429 g/mol. The number of piperidine rings is 1. The number of nitrogens with zero attached hydrogens (tertiary/aromatic N) is 2. The summed E-state index contributed by atoms with van der Waals surface area (Å²) in [6.45, 7) is 7.34. The first-order valence-corrected chi connectivity index (χ1v) is 11.9. The van der Waals surface area contributed by atoms with Gasteiger partial charge < -0.3 is 9.64 Å². The van der Waals surface area contributed by atoms with E-state index in [1.54, 1.807) is 4.90 Å².